The number of H-pyrrole nitrogens is 1. The second kappa shape index (κ2) is 8.39. The fraction of sp³-hybridized carbons (Fsp3) is 0.190. The number of hydrogen-bond donors (Lipinski definition) is 2. The number of anilines is 1. The van der Waals surface area contributed by atoms with Crippen molar-refractivity contribution in [2.45, 2.75) is 6.92 Å². The smallest absolute Gasteiger partial charge is 0.340 e. The molecule has 0 aliphatic rings. The van der Waals surface area contributed by atoms with Crippen molar-refractivity contribution >= 4 is 34.4 Å². The van der Waals surface area contributed by atoms with Crippen LogP contribution < -0.4 is 5.32 Å². The van der Waals surface area contributed by atoms with Gasteiger partial charge in [-0.3, -0.25) is 9.59 Å². The fourth-order valence-corrected chi connectivity index (χ4v) is 2.70. The van der Waals surface area contributed by atoms with Gasteiger partial charge in [-0.25, -0.2) is 4.79 Å². The molecule has 1 aromatic heterocycles. The molecular weight excluding hydrogens is 358 g/mol. The summed E-state index contributed by atoms with van der Waals surface area (Å²) in [6.07, 6.45) is 1.55. The third-order valence-electron chi connectivity index (χ3n) is 4.28. The second-order valence-corrected chi connectivity index (χ2v) is 6.49. The van der Waals surface area contributed by atoms with E-state index in [0.29, 0.717) is 11.3 Å². The van der Waals surface area contributed by atoms with Gasteiger partial charge in [0.25, 0.3) is 5.91 Å². The predicted molar refractivity (Wildman–Crippen MR) is 106 cm³/mol. The first-order valence-electron chi connectivity index (χ1n) is 8.78. The van der Waals surface area contributed by atoms with E-state index in [-0.39, 0.29) is 12.5 Å². The van der Waals surface area contributed by atoms with Crippen molar-refractivity contribution in [3.63, 3.8) is 0 Å². The topological polar surface area (TPSA) is 91.5 Å². The third-order valence-corrected chi connectivity index (χ3v) is 4.28. The summed E-state index contributed by atoms with van der Waals surface area (Å²) in [5.41, 5.74) is 2.92. The predicted octanol–water partition coefficient (Wildman–Crippen LogP) is 2.73. The van der Waals surface area contributed by atoms with Crippen molar-refractivity contribution < 1.29 is 19.1 Å². The van der Waals surface area contributed by atoms with Crippen molar-refractivity contribution in [1.82, 2.24) is 9.88 Å². The Morgan fingerprint density at radius 3 is 2.54 bits per heavy atom. The summed E-state index contributed by atoms with van der Waals surface area (Å²) in [5.74, 6) is -1.39. The molecule has 0 atom stereocenters. The molecule has 144 valence electrons. The van der Waals surface area contributed by atoms with Crippen molar-refractivity contribution in [2.75, 3.05) is 25.5 Å². The first-order chi connectivity index (χ1) is 13.4. The average Bonchev–Trinajstić information content (AvgIpc) is 3.11. The molecule has 1 heterocycles. The van der Waals surface area contributed by atoms with Gasteiger partial charge < -0.3 is 19.9 Å². The molecule has 2 amide bonds. The van der Waals surface area contributed by atoms with Crippen molar-refractivity contribution in [2.24, 2.45) is 0 Å². The number of rotatable bonds is 6. The molecule has 0 aliphatic carbocycles. The minimum Gasteiger partial charge on any atom is -0.452 e. The molecule has 3 rings (SSSR count). The summed E-state index contributed by atoms with van der Waals surface area (Å²) in [6.45, 7) is 1.37. The first-order valence-corrected chi connectivity index (χ1v) is 8.78. The molecule has 0 unspecified atom stereocenters. The Labute approximate surface area is 162 Å². The Hall–Kier alpha value is -3.61. The molecule has 0 radical (unpaired) electrons. The average molecular weight is 379 g/mol. The van der Waals surface area contributed by atoms with Crippen LogP contribution >= 0.6 is 0 Å². The number of aromatic amines is 1. The number of para-hydroxylation sites is 1. The minimum absolute atomic E-state index is 0.142. The van der Waals surface area contributed by atoms with Crippen LogP contribution in [0.4, 0.5) is 5.69 Å². The molecule has 7 nitrogen and oxygen atoms in total. The van der Waals surface area contributed by atoms with Crippen molar-refractivity contribution in [3.05, 3.63) is 65.9 Å². The van der Waals surface area contributed by atoms with Crippen LogP contribution in [-0.4, -0.2) is 47.9 Å². The summed E-state index contributed by atoms with van der Waals surface area (Å²) in [5, 5.41) is 3.45. The maximum Gasteiger partial charge on any atom is 0.340 e. The van der Waals surface area contributed by atoms with Crippen LogP contribution in [0.1, 0.15) is 15.9 Å². The van der Waals surface area contributed by atoms with Gasteiger partial charge >= 0.3 is 5.97 Å². The number of aromatic nitrogens is 1. The number of nitrogens with one attached hydrogen (secondary N) is 2. The number of fused-ring (bicyclic) bond motifs is 1. The van der Waals surface area contributed by atoms with Crippen LogP contribution in [0.3, 0.4) is 0 Å². The summed E-state index contributed by atoms with van der Waals surface area (Å²) < 4.78 is 5.11. The second-order valence-electron chi connectivity index (χ2n) is 6.49. The normalized spacial score (nSPS) is 10.5. The van der Waals surface area contributed by atoms with Gasteiger partial charge in [0.15, 0.2) is 6.61 Å². The van der Waals surface area contributed by atoms with Gasteiger partial charge in [-0.1, -0.05) is 35.9 Å². The van der Waals surface area contributed by atoms with Crippen LogP contribution in [0, 0.1) is 6.92 Å². The number of hydrogen-bond acceptors (Lipinski definition) is 4. The molecule has 0 bridgehead atoms. The van der Waals surface area contributed by atoms with Gasteiger partial charge in [-0.2, -0.15) is 0 Å². The zero-order chi connectivity index (χ0) is 20.1. The molecule has 0 saturated heterocycles. The highest BCUT2D eigenvalue weighted by Crippen LogP contribution is 2.18. The molecule has 28 heavy (non-hydrogen) atoms. The van der Waals surface area contributed by atoms with Gasteiger partial charge in [0.05, 0.1) is 12.1 Å². The Morgan fingerprint density at radius 1 is 1.07 bits per heavy atom. The van der Waals surface area contributed by atoms with Crippen LogP contribution in [0.25, 0.3) is 10.9 Å². The number of likely N-dealkylation sites (N-methyl/N-ethyl adjacent to an activating group) is 1. The van der Waals surface area contributed by atoms with Gasteiger partial charge in [-0.15, -0.1) is 0 Å². The number of amides is 2. The fourth-order valence-electron chi connectivity index (χ4n) is 2.70. The van der Waals surface area contributed by atoms with E-state index in [9.17, 15) is 14.4 Å². The van der Waals surface area contributed by atoms with Gasteiger partial charge in [0.2, 0.25) is 5.91 Å². The highest BCUT2D eigenvalue weighted by molar-refractivity contribution is 6.04. The Morgan fingerprint density at radius 2 is 1.79 bits per heavy atom. The molecular formula is C21H21N3O4. The van der Waals surface area contributed by atoms with Gasteiger partial charge in [-0.05, 0) is 25.1 Å². The lowest BCUT2D eigenvalue weighted by Gasteiger charge is -2.16. The van der Waals surface area contributed by atoms with E-state index in [1.165, 1.54) is 11.9 Å². The van der Waals surface area contributed by atoms with E-state index in [2.05, 4.69) is 10.3 Å². The number of carbonyl (C=O) groups is 3. The number of nitrogens with zero attached hydrogens (tertiary/aromatic N) is 1. The summed E-state index contributed by atoms with van der Waals surface area (Å²) in [6, 6.07) is 14.7. The first kappa shape index (κ1) is 19.2. The SMILES string of the molecule is Cc1ccc(NC(=O)CN(C)C(=O)COC(=O)c2c[nH]c3ccccc23)cc1. The quantitative estimate of drug-likeness (QED) is 0.644. The van der Waals surface area contributed by atoms with Crippen LogP contribution in [0.5, 0.6) is 0 Å². The zero-order valence-electron chi connectivity index (χ0n) is 15.7. The molecule has 0 aliphatic heterocycles. The molecule has 2 aromatic carbocycles. The molecule has 3 aromatic rings. The summed E-state index contributed by atoms with van der Waals surface area (Å²) >= 11 is 0. The number of ether oxygens (including phenoxy) is 1. The molecule has 0 spiro atoms. The minimum atomic E-state index is -0.594. The van der Waals surface area contributed by atoms with Crippen molar-refractivity contribution in [1.29, 1.82) is 0 Å². The van der Waals surface area contributed by atoms with E-state index in [1.54, 1.807) is 24.4 Å². The Kier molecular flexibility index (Phi) is 5.74. The van der Waals surface area contributed by atoms with Crippen LogP contribution in [-0.2, 0) is 14.3 Å². The zero-order valence-corrected chi connectivity index (χ0v) is 15.7. The molecule has 0 fully saturated rings. The standard InChI is InChI=1S/C21H21N3O4/c1-14-7-9-15(10-8-14)23-19(25)12-24(2)20(26)13-28-21(27)17-11-22-18-6-4-3-5-16(17)18/h3-11,22H,12-13H2,1-2H3,(H,23,25). The summed E-state index contributed by atoms with van der Waals surface area (Å²) in [4.78, 5) is 40.7. The largest absolute Gasteiger partial charge is 0.452 e. The van der Waals surface area contributed by atoms with Gasteiger partial charge in [0.1, 0.15) is 0 Å². The lowest BCUT2D eigenvalue weighted by molar-refractivity contribution is -0.136. The number of benzene rings is 2. The highest BCUT2D eigenvalue weighted by atomic mass is 16.5. The maximum absolute atomic E-state index is 12.2. The van der Waals surface area contributed by atoms with E-state index < -0.39 is 18.5 Å². The van der Waals surface area contributed by atoms with E-state index in [0.717, 1.165) is 16.5 Å². The van der Waals surface area contributed by atoms with Crippen molar-refractivity contribution in [3.8, 4) is 0 Å². The maximum atomic E-state index is 12.2. The number of esters is 1. The highest BCUT2D eigenvalue weighted by Gasteiger charge is 2.18. The number of carbonyl (C=O) groups excluding carboxylic acids is 3. The molecule has 2 N–H and O–H groups in total. The Balaban J connectivity index is 1.50. The van der Waals surface area contributed by atoms with Gasteiger partial charge in [0, 0.05) is 29.8 Å². The lowest BCUT2D eigenvalue weighted by Crippen LogP contribution is -2.37. The third kappa shape index (κ3) is 4.56. The van der Waals surface area contributed by atoms with E-state index in [4.69, 9.17) is 4.74 Å². The van der Waals surface area contributed by atoms with E-state index >= 15 is 0 Å². The molecule has 7 heteroatoms. The summed E-state index contributed by atoms with van der Waals surface area (Å²) in [7, 11) is 1.48. The number of aryl methyl sites for hydroxylation is 1. The van der Waals surface area contributed by atoms with Crippen LogP contribution in [0.15, 0.2) is 54.7 Å². The monoisotopic (exact) mass is 379 g/mol. The van der Waals surface area contributed by atoms with E-state index in [1.807, 2.05) is 37.3 Å². The molecule has 0 saturated carbocycles. The lowest BCUT2D eigenvalue weighted by atomic mass is 10.2. The van der Waals surface area contributed by atoms with Crippen LogP contribution in [0.2, 0.25) is 0 Å². The Bertz CT molecular complexity index is 1010.